The molecule has 0 fully saturated rings. The summed E-state index contributed by atoms with van der Waals surface area (Å²) in [5.41, 5.74) is 2.14. The highest BCUT2D eigenvalue weighted by Gasteiger charge is 2.13. The molecule has 2 aromatic carbocycles. The number of rotatable bonds is 5. The minimum atomic E-state index is -3.34. The lowest BCUT2D eigenvalue weighted by molar-refractivity contribution is 0.416. The van der Waals surface area contributed by atoms with Crippen molar-refractivity contribution in [1.82, 2.24) is 9.78 Å². The minimum Gasteiger partial charge on any atom is -0.495 e. The molecular formula is C18H20N4O3S2. The molecule has 0 spiro atoms. The predicted octanol–water partition coefficient (Wildman–Crippen LogP) is 3.28. The van der Waals surface area contributed by atoms with Gasteiger partial charge in [-0.3, -0.25) is 4.68 Å². The topological polar surface area (TPSA) is 85.2 Å². The number of fused-ring (bicyclic) bond motifs is 1. The van der Waals surface area contributed by atoms with Gasteiger partial charge < -0.3 is 15.4 Å². The fourth-order valence-corrected chi connectivity index (χ4v) is 3.52. The standard InChI is InChI=1S/C18H20N4O3S2/c1-4-22-11-13-14(6-5-7-15(13)21-22)19-18(26)20-16-10-12(27(3,23)24)8-9-17(16)25-2/h5-11H,4H2,1-3H3,(H2,19,20,26). The number of nitrogens with zero attached hydrogens (tertiary/aromatic N) is 2. The second kappa shape index (κ2) is 7.53. The number of aryl methyl sites for hydroxylation is 1. The quantitative estimate of drug-likeness (QED) is 0.631. The van der Waals surface area contributed by atoms with E-state index in [1.54, 1.807) is 6.07 Å². The van der Waals surface area contributed by atoms with Gasteiger partial charge in [-0.25, -0.2) is 8.42 Å². The van der Waals surface area contributed by atoms with Gasteiger partial charge in [-0.2, -0.15) is 5.10 Å². The maximum atomic E-state index is 11.8. The van der Waals surface area contributed by atoms with Crippen LogP contribution in [0.2, 0.25) is 0 Å². The van der Waals surface area contributed by atoms with Crippen molar-refractivity contribution in [2.75, 3.05) is 24.0 Å². The number of nitrogens with one attached hydrogen (secondary N) is 2. The van der Waals surface area contributed by atoms with Crippen molar-refractivity contribution in [2.45, 2.75) is 18.4 Å². The second-order valence-electron chi connectivity index (χ2n) is 5.94. The summed E-state index contributed by atoms with van der Waals surface area (Å²) in [5.74, 6) is 0.489. The van der Waals surface area contributed by atoms with Crippen LogP contribution in [0.1, 0.15) is 6.92 Å². The van der Waals surface area contributed by atoms with E-state index in [4.69, 9.17) is 17.0 Å². The lowest BCUT2D eigenvalue weighted by Gasteiger charge is -2.14. The van der Waals surface area contributed by atoms with E-state index in [1.165, 1.54) is 19.2 Å². The zero-order valence-electron chi connectivity index (χ0n) is 15.2. The molecule has 0 aliphatic heterocycles. The summed E-state index contributed by atoms with van der Waals surface area (Å²) < 4.78 is 30.8. The van der Waals surface area contributed by atoms with Crippen LogP contribution in [0.4, 0.5) is 11.4 Å². The number of sulfone groups is 1. The highest BCUT2D eigenvalue weighted by Crippen LogP contribution is 2.28. The minimum absolute atomic E-state index is 0.180. The average Bonchev–Trinajstić information content (AvgIpc) is 3.05. The lowest BCUT2D eigenvalue weighted by atomic mass is 10.2. The molecule has 2 N–H and O–H groups in total. The molecule has 27 heavy (non-hydrogen) atoms. The van der Waals surface area contributed by atoms with E-state index in [0.717, 1.165) is 29.4 Å². The summed E-state index contributed by atoms with van der Waals surface area (Å²) in [7, 11) is -1.83. The van der Waals surface area contributed by atoms with E-state index < -0.39 is 9.84 Å². The number of aromatic nitrogens is 2. The predicted molar refractivity (Wildman–Crippen MR) is 111 cm³/mol. The molecule has 0 unspecified atom stereocenters. The third kappa shape index (κ3) is 4.20. The molecule has 3 aromatic rings. The summed E-state index contributed by atoms with van der Waals surface area (Å²) >= 11 is 5.41. The van der Waals surface area contributed by atoms with Crippen LogP contribution >= 0.6 is 12.2 Å². The first-order chi connectivity index (χ1) is 12.8. The Morgan fingerprint density at radius 3 is 2.63 bits per heavy atom. The van der Waals surface area contributed by atoms with E-state index in [1.807, 2.05) is 36.0 Å². The van der Waals surface area contributed by atoms with Crippen LogP contribution in [0.5, 0.6) is 5.75 Å². The summed E-state index contributed by atoms with van der Waals surface area (Å²) in [6, 6.07) is 10.3. The lowest BCUT2D eigenvalue weighted by Crippen LogP contribution is -2.19. The highest BCUT2D eigenvalue weighted by molar-refractivity contribution is 7.90. The van der Waals surface area contributed by atoms with Crippen molar-refractivity contribution in [2.24, 2.45) is 0 Å². The normalized spacial score (nSPS) is 11.4. The maximum Gasteiger partial charge on any atom is 0.175 e. The molecule has 0 radical (unpaired) electrons. The van der Waals surface area contributed by atoms with Crippen molar-refractivity contribution in [3.05, 3.63) is 42.6 Å². The monoisotopic (exact) mass is 404 g/mol. The number of methoxy groups -OCH3 is 1. The number of hydrogen-bond donors (Lipinski definition) is 2. The fraction of sp³-hybridized carbons (Fsp3) is 0.222. The van der Waals surface area contributed by atoms with Crippen molar-refractivity contribution in [3.63, 3.8) is 0 Å². The van der Waals surface area contributed by atoms with E-state index in [0.29, 0.717) is 16.5 Å². The van der Waals surface area contributed by atoms with Crippen LogP contribution in [0.25, 0.3) is 10.9 Å². The third-order valence-electron chi connectivity index (χ3n) is 4.02. The number of ether oxygens (including phenoxy) is 1. The highest BCUT2D eigenvalue weighted by atomic mass is 32.2. The van der Waals surface area contributed by atoms with Crippen LogP contribution in [-0.4, -0.2) is 36.7 Å². The Bertz CT molecular complexity index is 1110. The molecular weight excluding hydrogens is 384 g/mol. The number of benzene rings is 2. The van der Waals surface area contributed by atoms with E-state index in [9.17, 15) is 8.42 Å². The molecule has 0 bridgehead atoms. The van der Waals surface area contributed by atoms with Gasteiger partial charge in [-0.05, 0) is 49.5 Å². The first kappa shape index (κ1) is 19.1. The third-order valence-corrected chi connectivity index (χ3v) is 5.33. The summed E-state index contributed by atoms with van der Waals surface area (Å²) in [4.78, 5) is 0.180. The number of thiocarbonyl (C=S) groups is 1. The Labute approximate surface area is 163 Å². The first-order valence-corrected chi connectivity index (χ1v) is 10.5. The molecule has 0 aliphatic carbocycles. The smallest absolute Gasteiger partial charge is 0.175 e. The van der Waals surface area contributed by atoms with Gasteiger partial charge in [0.15, 0.2) is 14.9 Å². The summed E-state index contributed by atoms with van der Waals surface area (Å²) in [5, 5.41) is 11.9. The van der Waals surface area contributed by atoms with Crippen LogP contribution in [0.15, 0.2) is 47.5 Å². The van der Waals surface area contributed by atoms with Gasteiger partial charge in [0.05, 0.1) is 28.9 Å². The van der Waals surface area contributed by atoms with Crippen LogP contribution in [-0.2, 0) is 16.4 Å². The zero-order valence-corrected chi connectivity index (χ0v) is 16.8. The van der Waals surface area contributed by atoms with Gasteiger partial charge in [0.1, 0.15) is 5.75 Å². The molecule has 7 nitrogen and oxygen atoms in total. The van der Waals surface area contributed by atoms with Crippen molar-refractivity contribution in [3.8, 4) is 5.75 Å². The molecule has 1 heterocycles. The van der Waals surface area contributed by atoms with Gasteiger partial charge in [0.2, 0.25) is 0 Å². The van der Waals surface area contributed by atoms with Crippen molar-refractivity contribution < 1.29 is 13.2 Å². The molecule has 1 aromatic heterocycles. The molecule has 0 saturated carbocycles. The molecule has 0 aliphatic rings. The van der Waals surface area contributed by atoms with Crippen LogP contribution < -0.4 is 15.4 Å². The van der Waals surface area contributed by atoms with E-state index in [-0.39, 0.29) is 4.90 Å². The summed E-state index contributed by atoms with van der Waals surface area (Å²) in [6.07, 6.45) is 3.10. The first-order valence-electron chi connectivity index (χ1n) is 8.24. The molecule has 0 atom stereocenters. The average molecular weight is 405 g/mol. The summed E-state index contributed by atoms with van der Waals surface area (Å²) in [6.45, 7) is 2.79. The fourth-order valence-electron chi connectivity index (χ4n) is 2.65. The number of hydrogen-bond acceptors (Lipinski definition) is 5. The molecule has 9 heteroatoms. The van der Waals surface area contributed by atoms with Gasteiger partial charge in [-0.15, -0.1) is 0 Å². The Hall–Kier alpha value is -2.65. The van der Waals surface area contributed by atoms with Gasteiger partial charge in [-0.1, -0.05) is 6.07 Å². The molecule has 142 valence electrons. The van der Waals surface area contributed by atoms with Crippen LogP contribution in [0.3, 0.4) is 0 Å². The second-order valence-corrected chi connectivity index (χ2v) is 8.36. The molecule has 3 rings (SSSR count). The zero-order chi connectivity index (χ0) is 19.6. The van der Waals surface area contributed by atoms with E-state index >= 15 is 0 Å². The SMILES string of the molecule is CCn1cc2c(NC(=S)Nc3cc(S(C)(=O)=O)ccc3OC)cccc2n1. The number of anilines is 2. The largest absolute Gasteiger partial charge is 0.495 e. The Morgan fingerprint density at radius 2 is 1.96 bits per heavy atom. The van der Waals surface area contributed by atoms with Gasteiger partial charge >= 0.3 is 0 Å². The molecule has 0 saturated heterocycles. The Balaban J connectivity index is 1.87. The van der Waals surface area contributed by atoms with Gasteiger partial charge in [0.25, 0.3) is 0 Å². The van der Waals surface area contributed by atoms with Crippen LogP contribution in [0, 0.1) is 0 Å². The van der Waals surface area contributed by atoms with E-state index in [2.05, 4.69) is 15.7 Å². The van der Waals surface area contributed by atoms with Crippen molar-refractivity contribution >= 4 is 49.4 Å². The maximum absolute atomic E-state index is 11.8. The van der Waals surface area contributed by atoms with Gasteiger partial charge in [0, 0.05) is 24.4 Å². The molecule has 0 amide bonds. The Kier molecular flexibility index (Phi) is 5.33. The van der Waals surface area contributed by atoms with Crippen molar-refractivity contribution in [1.29, 1.82) is 0 Å². The Morgan fingerprint density at radius 1 is 1.22 bits per heavy atom.